The summed E-state index contributed by atoms with van der Waals surface area (Å²) in [6, 6.07) is 4.91. The highest BCUT2D eigenvalue weighted by Crippen LogP contribution is 2.36. The van der Waals surface area contributed by atoms with Gasteiger partial charge >= 0.3 is 6.18 Å². The molecule has 8 nitrogen and oxygen atoms in total. The number of anilines is 1. The van der Waals surface area contributed by atoms with Crippen molar-refractivity contribution in [3.63, 3.8) is 0 Å². The van der Waals surface area contributed by atoms with Crippen LogP contribution in [0.15, 0.2) is 40.7 Å². The predicted molar refractivity (Wildman–Crippen MR) is 137 cm³/mol. The molecule has 4 rings (SSSR count). The Labute approximate surface area is 226 Å². The largest absolute Gasteiger partial charge is 0.493 e. The number of hydrogen-bond donors (Lipinski definition) is 1. The molecule has 1 heterocycles. The third-order valence-corrected chi connectivity index (χ3v) is 9.15. The Hall–Kier alpha value is -2.90. The van der Waals surface area contributed by atoms with Crippen molar-refractivity contribution in [2.24, 2.45) is 0 Å². The number of aromatic nitrogens is 2. The van der Waals surface area contributed by atoms with Crippen LogP contribution in [0.2, 0.25) is 5.02 Å². The van der Waals surface area contributed by atoms with Gasteiger partial charge in [-0.1, -0.05) is 22.9 Å². The number of ether oxygens (including phenoxy) is 1. The van der Waals surface area contributed by atoms with E-state index in [1.54, 1.807) is 26.8 Å². The fourth-order valence-electron chi connectivity index (χ4n) is 4.31. The molecule has 3 aromatic rings. The first-order valence-corrected chi connectivity index (χ1v) is 14.3. The number of fused-ring (bicyclic) bond motifs is 1. The quantitative estimate of drug-likeness (QED) is 0.392. The summed E-state index contributed by atoms with van der Waals surface area (Å²) >= 11 is 7.51. The van der Waals surface area contributed by atoms with Gasteiger partial charge in [-0.05, 0) is 75.1 Å². The van der Waals surface area contributed by atoms with E-state index in [-0.39, 0.29) is 33.0 Å². The zero-order chi connectivity index (χ0) is 27.8. The Morgan fingerprint density at radius 1 is 1.24 bits per heavy atom. The van der Waals surface area contributed by atoms with Crippen LogP contribution in [0, 0.1) is 0 Å². The van der Waals surface area contributed by atoms with Crippen LogP contribution in [0.1, 0.15) is 47.8 Å². The van der Waals surface area contributed by atoms with E-state index >= 15 is 0 Å². The highest BCUT2D eigenvalue weighted by molar-refractivity contribution is 7.93. The average Bonchev–Trinajstić information content (AvgIpc) is 3.47. The minimum Gasteiger partial charge on any atom is -0.493 e. The maximum Gasteiger partial charge on any atom is 0.416 e. The number of hydrogen-bond acceptors (Lipinski definition) is 7. The van der Waals surface area contributed by atoms with Crippen LogP contribution in [0.25, 0.3) is 0 Å². The van der Waals surface area contributed by atoms with Gasteiger partial charge in [-0.2, -0.15) is 13.2 Å². The smallest absolute Gasteiger partial charge is 0.416 e. The van der Waals surface area contributed by atoms with E-state index in [0.717, 1.165) is 39.4 Å². The number of carbonyl (C=O) groups excluding carboxylic acids is 1. The van der Waals surface area contributed by atoms with E-state index in [1.165, 1.54) is 11.6 Å². The highest BCUT2D eigenvalue weighted by atomic mass is 35.5. The third kappa shape index (κ3) is 5.59. The highest BCUT2D eigenvalue weighted by Gasteiger charge is 2.35. The number of benzene rings is 2. The van der Waals surface area contributed by atoms with E-state index in [9.17, 15) is 26.4 Å². The molecule has 204 valence electrons. The molecule has 1 aromatic heterocycles. The number of nitrogens with one attached hydrogen (secondary N) is 1. The van der Waals surface area contributed by atoms with Gasteiger partial charge in [0.15, 0.2) is 0 Å². The molecule has 0 aliphatic heterocycles. The Morgan fingerprint density at radius 3 is 2.50 bits per heavy atom. The van der Waals surface area contributed by atoms with Crippen LogP contribution < -0.4 is 14.4 Å². The molecule has 0 radical (unpaired) electrons. The second-order valence-corrected chi connectivity index (χ2v) is 11.9. The van der Waals surface area contributed by atoms with Crippen molar-refractivity contribution >= 4 is 44.0 Å². The van der Waals surface area contributed by atoms with E-state index in [4.69, 9.17) is 16.3 Å². The van der Waals surface area contributed by atoms with Gasteiger partial charge in [0, 0.05) is 12.1 Å². The molecule has 38 heavy (non-hydrogen) atoms. The molecule has 1 atom stereocenters. The fraction of sp³-hybridized carbons (Fsp3) is 0.375. The van der Waals surface area contributed by atoms with Gasteiger partial charge in [0.2, 0.25) is 5.13 Å². The van der Waals surface area contributed by atoms with Crippen LogP contribution in [0.3, 0.4) is 0 Å². The van der Waals surface area contributed by atoms with Crippen molar-refractivity contribution < 1.29 is 31.1 Å². The van der Waals surface area contributed by atoms with Gasteiger partial charge in [-0.3, -0.25) is 4.79 Å². The van der Waals surface area contributed by atoms with Crippen molar-refractivity contribution in [1.29, 1.82) is 0 Å². The van der Waals surface area contributed by atoms with Gasteiger partial charge in [0.1, 0.15) is 16.2 Å². The lowest BCUT2D eigenvalue weighted by molar-refractivity contribution is -0.137. The number of carbonyl (C=O) groups is 1. The second kappa shape index (κ2) is 10.7. The van der Waals surface area contributed by atoms with E-state index in [0.29, 0.717) is 18.4 Å². The zero-order valence-electron chi connectivity index (χ0n) is 20.5. The van der Waals surface area contributed by atoms with Crippen molar-refractivity contribution in [2.45, 2.75) is 56.8 Å². The monoisotopic (exact) mass is 588 g/mol. The van der Waals surface area contributed by atoms with E-state index in [1.807, 2.05) is 0 Å². The predicted octanol–water partition coefficient (Wildman–Crippen LogP) is 5.11. The summed E-state index contributed by atoms with van der Waals surface area (Å²) in [6.07, 6.45) is -3.89. The fourth-order valence-corrected chi connectivity index (χ4v) is 7.42. The number of halogens is 4. The van der Waals surface area contributed by atoms with Gasteiger partial charge in [-0.15, -0.1) is 10.2 Å². The summed E-state index contributed by atoms with van der Waals surface area (Å²) in [7, 11) is -4.07. The molecule has 0 spiro atoms. The van der Waals surface area contributed by atoms with Crippen LogP contribution in [0.4, 0.5) is 18.3 Å². The van der Waals surface area contributed by atoms with Crippen molar-refractivity contribution in [3.05, 3.63) is 63.1 Å². The molecule has 0 bridgehead atoms. The summed E-state index contributed by atoms with van der Waals surface area (Å²) in [5.41, 5.74) is 1.95. The minimum absolute atomic E-state index is 0.0262. The van der Waals surface area contributed by atoms with E-state index in [2.05, 4.69) is 15.5 Å². The van der Waals surface area contributed by atoms with Crippen molar-refractivity contribution in [3.8, 4) is 5.75 Å². The Balaban J connectivity index is 1.57. The van der Waals surface area contributed by atoms with Crippen LogP contribution in [-0.2, 0) is 29.0 Å². The van der Waals surface area contributed by atoms with Crippen LogP contribution >= 0.6 is 22.9 Å². The topological polar surface area (TPSA) is 101 Å². The maximum absolute atomic E-state index is 13.6. The molecule has 0 saturated carbocycles. The molecular weight excluding hydrogens is 565 g/mol. The number of sulfonamides is 1. The summed E-state index contributed by atoms with van der Waals surface area (Å²) in [5.74, 6) is -0.765. The van der Waals surface area contributed by atoms with Gasteiger partial charge in [-0.25, -0.2) is 12.7 Å². The molecule has 2 aromatic carbocycles. The first-order chi connectivity index (χ1) is 17.8. The molecule has 1 unspecified atom stereocenters. The second-order valence-electron chi connectivity index (χ2n) is 8.89. The standard InChI is InChI=1S/C24H24ClF3N4O4S2/c1-4-36-20-11-16(24(26,27)28)5-6-18(20)22(33)30-17-7-14-9-19(25)21(10-15(14)8-17)38(34,35)32(13(2)3)23-31-29-12-37-23/h5-6,9-13,17H,4,7-8H2,1-3H3,(H,30,33). The normalized spacial score (nSPS) is 15.4. The SMILES string of the molecule is CCOc1cc(C(F)(F)F)ccc1C(=O)NC1Cc2cc(Cl)c(S(=O)(=O)N(c3nncs3)C(C)C)cc2C1. The molecule has 1 aliphatic rings. The number of alkyl halides is 3. The summed E-state index contributed by atoms with van der Waals surface area (Å²) in [6.45, 7) is 5.11. The molecule has 14 heteroatoms. The van der Waals surface area contributed by atoms with Gasteiger partial charge in [0.25, 0.3) is 15.9 Å². The Bertz CT molecular complexity index is 1450. The molecular formula is C24H24ClF3N4O4S2. The molecule has 0 fully saturated rings. The summed E-state index contributed by atoms with van der Waals surface area (Å²) in [5, 5.41) is 10.7. The Morgan fingerprint density at radius 2 is 1.92 bits per heavy atom. The number of rotatable bonds is 8. The molecule has 1 N–H and O–H groups in total. The van der Waals surface area contributed by atoms with Crippen molar-refractivity contribution in [1.82, 2.24) is 15.5 Å². The maximum atomic E-state index is 13.6. The zero-order valence-corrected chi connectivity index (χ0v) is 22.9. The van der Waals surface area contributed by atoms with Crippen LogP contribution in [0.5, 0.6) is 5.75 Å². The number of amides is 1. The van der Waals surface area contributed by atoms with E-state index < -0.39 is 39.8 Å². The first kappa shape index (κ1) is 28.1. The average molecular weight is 589 g/mol. The molecule has 1 amide bonds. The van der Waals surface area contributed by atoms with Gasteiger partial charge in [0.05, 0.1) is 22.8 Å². The lowest BCUT2D eigenvalue weighted by Crippen LogP contribution is -2.37. The van der Waals surface area contributed by atoms with Gasteiger partial charge < -0.3 is 10.1 Å². The van der Waals surface area contributed by atoms with Crippen molar-refractivity contribution in [2.75, 3.05) is 10.9 Å². The number of nitrogens with zero attached hydrogens (tertiary/aromatic N) is 3. The van der Waals surface area contributed by atoms with Crippen LogP contribution in [-0.4, -0.2) is 43.2 Å². The summed E-state index contributed by atoms with van der Waals surface area (Å²) < 4.78 is 72.9. The Kier molecular flexibility index (Phi) is 7.91. The molecule has 1 aliphatic carbocycles. The third-order valence-electron chi connectivity index (χ3n) is 5.92. The first-order valence-electron chi connectivity index (χ1n) is 11.6. The molecule has 0 saturated heterocycles. The lowest BCUT2D eigenvalue weighted by atomic mass is 10.1. The summed E-state index contributed by atoms with van der Waals surface area (Å²) in [4.78, 5) is 12.9. The minimum atomic E-state index is -4.58. The lowest BCUT2D eigenvalue weighted by Gasteiger charge is -2.25.